The molecule has 35 heavy (non-hydrogen) atoms. The van der Waals surface area contributed by atoms with Crippen molar-refractivity contribution >= 4 is 23.1 Å². The fraction of sp³-hybridized carbons (Fsp3) is 0.591. The molecule has 0 aliphatic carbocycles. The summed E-state index contributed by atoms with van der Waals surface area (Å²) < 4.78 is 46.7. The van der Waals surface area contributed by atoms with E-state index in [1.54, 1.807) is 6.92 Å². The van der Waals surface area contributed by atoms with Crippen molar-refractivity contribution in [3.05, 3.63) is 24.0 Å². The number of nitrogens with one attached hydrogen (secondary N) is 1. The number of nitrogens with two attached hydrogens (primary N) is 1. The lowest BCUT2D eigenvalue weighted by atomic mass is 10.2. The number of rotatable bonds is 8. The summed E-state index contributed by atoms with van der Waals surface area (Å²) in [6, 6.07) is 5.83. The highest BCUT2D eigenvalue weighted by atomic mass is 19.4. The lowest BCUT2D eigenvalue weighted by Crippen LogP contribution is -2.38. The number of benzene rings is 1. The van der Waals surface area contributed by atoms with Crippen molar-refractivity contribution < 1.29 is 47.0 Å². The van der Waals surface area contributed by atoms with E-state index in [1.807, 2.05) is 43.5 Å². The smallest absolute Gasteiger partial charge is 0.430 e. The van der Waals surface area contributed by atoms with Gasteiger partial charge < -0.3 is 35.5 Å². The summed E-state index contributed by atoms with van der Waals surface area (Å²) >= 11 is 0. The molecule has 1 aromatic heterocycles. The van der Waals surface area contributed by atoms with Gasteiger partial charge >= 0.3 is 12.3 Å². The van der Waals surface area contributed by atoms with Crippen LogP contribution in [0.25, 0.3) is 11.0 Å². The molecule has 10 nitrogen and oxygen atoms in total. The van der Waals surface area contributed by atoms with Gasteiger partial charge in [0.2, 0.25) is 0 Å². The van der Waals surface area contributed by atoms with E-state index in [0.29, 0.717) is 32.0 Å². The maximum Gasteiger partial charge on any atom is 0.430 e. The summed E-state index contributed by atoms with van der Waals surface area (Å²) in [6.45, 7) is 11.6. The molecular formula is C22H33F3N4O6. The minimum absolute atomic E-state index is 0.319. The second-order valence-electron chi connectivity index (χ2n) is 8.54. The van der Waals surface area contributed by atoms with Crippen molar-refractivity contribution in [3.8, 4) is 5.75 Å². The summed E-state index contributed by atoms with van der Waals surface area (Å²) in [5.41, 5.74) is 7.44. The molecule has 0 aliphatic heterocycles. The van der Waals surface area contributed by atoms with Gasteiger partial charge in [0.25, 0.3) is 5.82 Å². The maximum atomic E-state index is 11.7. The van der Waals surface area contributed by atoms with Crippen LogP contribution in [-0.2, 0) is 29.2 Å². The zero-order valence-electron chi connectivity index (χ0n) is 20.4. The van der Waals surface area contributed by atoms with E-state index in [4.69, 9.17) is 25.1 Å². The van der Waals surface area contributed by atoms with E-state index in [9.17, 15) is 23.1 Å². The number of carboxylic acids is 1. The zero-order chi connectivity index (χ0) is 27.0. The first kappa shape index (κ1) is 30.0. The summed E-state index contributed by atoms with van der Waals surface area (Å²) in [5.74, 6) is -1.36. The minimum atomic E-state index is -5.19. The van der Waals surface area contributed by atoms with Crippen LogP contribution in [0.5, 0.6) is 5.75 Å². The van der Waals surface area contributed by atoms with Crippen molar-refractivity contribution in [3.63, 3.8) is 0 Å². The number of nitrogens with zero attached hydrogens (tertiary/aromatic N) is 2. The highest BCUT2D eigenvalue weighted by Crippen LogP contribution is 2.22. The lowest BCUT2D eigenvalue weighted by molar-refractivity contribution is -0.676. The van der Waals surface area contributed by atoms with E-state index in [2.05, 4.69) is 16.8 Å². The normalized spacial score (nSPS) is 12.5. The number of aromatic nitrogens is 2. The monoisotopic (exact) mass is 506 g/mol. The Labute approximate surface area is 201 Å². The number of aliphatic hydroxyl groups is 1. The molecule has 0 saturated carbocycles. The summed E-state index contributed by atoms with van der Waals surface area (Å²) in [5, 5.41) is 21.3. The fourth-order valence-electron chi connectivity index (χ4n) is 3.14. The zero-order valence-corrected chi connectivity index (χ0v) is 20.4. The third-order valence-electron chi connectivity index (χ3n) is 4.37. The molecule has 0 fully saturated rings. The number of fused-ring (bicyclic) bond motifs is 1. The first-order valence-corrected chi connectivity index (χ1v) is 10.9. The highest BCUT2D eigenvalue weighted by molar-refractivity contribution is 5.74. The number of hydrogen-bond acceptors (Lipinski definition) is 7. The number of carboxylic acid groups (broad SMARTS) is 1. The molecule has 1 aromatic carbocycles. The van der Waals surface area contributed by atoms with Crippen molar-refractivity contribution in [2.75, 3.05) is 13.2 Å². The molecule has 1 amide bonds. The van der Waals surface area contributed by atoms with Crippen LogP contribution in [0.4, 0.5) is 18.0 Å². The number of alkyl carbamates (subject to hydrolysis) is 1. The van der Waals surface area contributed by atoms with Crippen LogP contribution in [0.15, 0.2) is 18.2 Å². The second-order valence-corrected chi connectivity index (χ2v) is 8.54. The Kier molecular flexibility index (Phi) is 10.8. The van der Waals surface area contributed by atoms with Gasteiger partial charge in [-0.15, -0.1) is 0 Å². The number of amides is 1. The van der Waals surface area contributed by atoms with Crippen molar-refractivity contribution in [2.45, 2.75) is 72.1 Å². The molecule has 4 N–H and O–H groups in total. The van der Waals surface area contributed by atoms with Crippen molar-refractivity contribution in [1.82, 2.24) is 9.88 Å². The number of aryl methyl sites for hydroxylation is 1. The molecule has 0 unspecified atom stereocenters. The molecule has 2 aromatic rings. The average Bonchev–Trinajstić information content (AvgIpc) is 3.01. The molecule has 2 rings (SSSR count). The van der Waals surface area contributed by atoms with Gasteiger partial charge in [-0.3, -0.25) is 0 Å². The van der Waals surface area contributed by atoms with Crippen molar-refractivity contribution in [2.24, 2.45) is 5.73 Å². The Morgan fingerprint density at radius 1 is 1.29 bits per heavy atom. The first-order chi connectivity index (χ1) is 16.1. The van der Waals surface area contributed by atoms with Crippen LogP contribution in [-0.4, -0.2) is 52.8 Å². The largest absolute Gasteiger partial charge is 0.542 e. The third-order valence-corrected chi connectivity index (χ3v) is 4.37. The van der Waals surface area contributed by atoms with E-state index in [0.717, 1.165) is 23.4 Å². The van der Waals surface area contributed by atoms with E-state index in [1.165, 1.54) is 0 Å². The number of aliphatic hydroxyl groups excluding tert-OH is 1. The molecule has 0 radical (unpaired) electrons. The number of alkyl halides is 3. The second kappa shape index (κ2) is 12.6. The van der Waals surface area contributed by atoms with Crippen LogP contribution in [0.3, 0.4) is 0 Å². The van der Waals surface area contributed by atoms with E-state index in [-0.39, 0.29) is 0 Å². The quantitative estimate of drug-likeness (QED) is 0.358. The summed E-state index contributed by atoms with van der Waals surface area (Å²) in [6.07, 6.45) is -6.15. The van der Waals surface area contributed by atoms with Crippen LogP contribution < -0.4 is 25.5 Å². The molecule has 1 atom stereocenters. The predicted octanol–water partition coefficient (Wildman–Crippen LogP) is 0.990. The SMILES string of the molecule is CC[n+]1c(CN)n(C[C@H](C)O)c2cc(OCCNC(=O)OC(C)(C)C)ccc21.O=C([O-])C(F)(F)F. The molecule has 1 heterocycles. The Balaban J connectivity index is 0.000000762. The maximum absolute atomic E-state index is 11.7. The lowest BCUT2D eigenvalue weighted by Gasteiger charge is -2.19. The molecular weight excluding hydrogens is 473 g/mol. The molecule has 0 aliphatic rings. The molecule has 0 spiro atoms. The highest BCUT2D eigenvalue weighted by Gasteiger charge is 2.29. The topological polar surface area (TPSA) is 143 Å². The Hall–Kier alpha value is -3.06. The summed E-state index contributed by atoms with van der Waals surface area (Å²) in [4.78, 5) is 20.5. The number of aliphatic carboxylic acids is 1. The van der Waals surface area contributed by atoms with Gasteiger partial charge in [-0.25, -0.2) is 13.9 Å². The number of hydrogen-bond donors (Lipinski definition) is 3. The third kappa shape index (κ3) is 9.61. The van der Waals surface area contributed by atoms with Crippen molar-refractivity contribution in [1.29, 1.82) is 0 Å². The number of halogens is 3. The Morgan fingerprint density at radius 2 is 1.89 bits per heavy atom. The summed E-state index contributed by atoms with van der Waals surface area (Å²) in [7, 11) is 0. The van der Waals surface area contributed by atoms with Gasteiger partial charge in [0.1, 0.15) is 30.5 Å². The average molecular weight is 507 g/mol. The fourth-order valence-corrected chi connectivity index (χ4v) is 3.14. The van der Waals surface area contributed by atoms with E-state index < -0.39 is 29.9 Å². The van der Waals surface area contributed by atoms with Crippen LogP contribution in [0.1, 0.15) is 40.4 Å². The Morgan fingerprint density at radius 3 is 2.34 bits per heavy atom. The predicted molar refractivity (Wildman–Crippen MR) is 118 cm³/mol. The van der Waals surface area contributed by atoms with Gasteiger partial charge in [0.05, 0.1) is 25.7 Å². The van der Waals surface area contributed by atoms with Crippen LogP contribution in [0.2, 0.25) is 0 Å². The van der Waals surface area contributed by atoms with Gasteiger partial charge in [0, 0.05) is 6.07 Å². The van der Waals surface area contributed by atoms with Crippen LogP contribution in [0, 0.1) is 0 Å². The first-order valence-electron chi connectivity index (χ1n) is 10.9. The van der Waals surface area contributed by atoms with Gasteiger partial charge in [-0.1, -0.05) is 0 Å². The number of ether oxygens (including phenoxy) is 2. The molecule has 198 valence electrons. The van der Waals surface area contributed by atoms with Gasteiger partial charge in [-0.2, -0.15) is 13.2 Å². The number of carbonyl (C=O) groups is 2. The molecule has 13 heteroatoms. The number of carbonyl (C=O) groups excluding carboxylic acids is 2. The Bertz CT molecular complexity index is 1000. The number of imidazole rings is 1. The minimum Gasteiger partial charge on any atom is -0.542 e. The molecule has 0 saturated heterocycles. The van der Waals surface area contributed by atoms with Gasteiger partial charge in [0.15, 0.2) is 11.0 Å². The molecule has 0 bridgehead atoms. The standard InChI is InChI=1S/C20H32N4O4.C2HF3O2/c1-6-23-16-8-7-15(27-10-9-22-19(26)28-20(3,4)5)11-17(16)24(13-14(2)25)18(23)12-21;3-2(4,5)1(6)7/h7-8,11,14,25H,6,9-10,12-13,21H2,1-5H3;(H,6,7)/t14-;/m0./s1. The van der Waals surface area contributed by atoms with Gasteiger partial charge in [-0.05, 0) is 46.8 Å². The van der Waals surface area contributed by atoms with E-state index >= 15 is 0 Å². The van der Waals surface area contributed by atoms with Crippen LogP contribution >= 0.6 is 0 Å².